The normalized spacial score (nSPS) is 12.4. The van der Waals surface area contributed by atoms with Crippen molar-refractivity contribution in [2.24, 2.45) is 5.41 Å². The summed E-state index contributed by atoms with van der Waals surface area (Å²) < 4.78 is 56.5. The number of carbonyl (C=O) groups is 1. The highest BCUT2D eigenvalue weighted by Gasteiger charge is 2.37. The molecule has 0 aliphatic heterocycles. The van der Waals surface area contributed by atoms with E-state index in [0.717, 1.165) is 22.5 Å². The molecule has 0 fully saturated rings. The minimum absolute atomic E-state index is 0.0156. The van der Waals surface area contributed by atoms with Crippen LogP contribution in [0, 0.1) is 5.41 Å². The Morgan fingerprint density at radius 1 is 1.10 bits per heavy atom. The second-order valence-electron chi connectivity index (χ2n) is 11.3. The minimum Gasteiger partial charge on any atom is -0.491 e. The Balaban J connectivity index is 2.01. The average Bonchev–Trinajstić information content (AvgIpc) is 3.25. The molecule has 212 valence electrons. The summed E-state index contributed by atoms with van der Waals surface area (Å²) >= 11 is 0.969. The maximum Gasteiger partial charge on any atom is 0.417 e. The number of aromatic nitrogens is 4. The van der Waals surface area contributed by atoms with Gasteiger partial charge in [-0.25, -0.2) is 9.78 Å². The van der Waals surface area contributed by atoms with Crippen molar-refractivity contribution in [3.63, 3.8) is 0 Å². The molecule has 1 N–H and O–H groups in total. The lowest BCUT2D eigenvalue weighted by Crippen LogP contribution is -2.47. The van der Waals surface area contributed by atoms with Crippen LogP contribution in [-0.4, -0.2) is 43.7 Å². The molecule has 1 amide bonds. The monoisotopic (exact) mass is 566 g/mol. The molecule has 0 spiro atoms. The highest BCUT2D eigenvalue weighted by Crippen LogP contribution is 2.38. The third-order valence-corrected chi connectivity index (χ3v) is 5.53. The number of hydrogen-bond donors (Lipinski definition) is 1. The molecule has 0 atom stereocenters. The third-order valence-electron chi connectivity index (χ3n) is 4.90. The van der Waals surface area contributed by atoms with E-state index < -0.39 is 23.4 Å². The molecule has 9 nitrogen and oxygen atoms in total. The van der Waals surface area contributed by atoms with Crippen molar-refractivity contribution in [1.82, 2.24) is 19.3 Å². The molecule has 3 rings (SSSR count). The van der Waals surface area contributed by atoms with E-state index >= 15 is 0 Å². The molecule has 3 aromatic rings. The second-order valence-corrected chi connectivity index (χ2v) is 12.1. The Labute approximate surface area is 230 Å². The fourth-order valence-corrected chi connectivity index (χ4v) is 3.89. The molecule has 0 saturated carbocycles. The van der Waals surface area contributed by atoms with Gasteiger partial charge in [0.2, 0.25) is 5.13 Å². The maximum atomic E-state index is 13.7. The molecule has 0 aliphatic carbocycles. The first-order valence-electron chi connectivity index (χ1n) is 12.2. The zero-order chi connectivity index (χ0) is 29.2. The van der Waals surface area contributed by atoms with Gasteiger partial charge < -0.3 is 14.8 Å². The number of nitrogens with one attached hydrogen (secondary N) is 1. The first kappa shape index (κ1) is 30.1. The lowest BCUT2D eigenvalue weighted by atomic mass is 9.99. The number of amides is 1. The number of halogens is 3. The summed E-state index contributed by atoms with van der Waals surface area (Å²) in [4.78, 5) is 27.1. The Morgan fingerprint density at radius 3 is 2.38 bits per heavy atom. The van der Waals surface area contributed by atoms with Crippen LogP contribution < -0.4 is 15.0 Å². The Morgan fingerprint density at radius 2 is 1.79 bits per heavy atom. The van der Waals surface area contributed by atoms with Gasteiger partial charge in [-0.15, -0.1) is 0 Å². The standard InChI is InChI=1S/C26H33F3N6O3S/c1-15(2)38-17-9-10-30-18(12-17)20-32-22(39-34-20)33-21-19(11-16(13-31-21)26(27,28)29)35(25(6,7)8)23(36)37-14-24(3,4)5/h9-13,15H,14H2,1-8H3,(H,31,32,33,34). The molecule has 39 heavy (non-hydrogen) atoms. The van der Waals surface area contributed by atoms with Gasteiger partial charge in [-0.2, -0.15) is 22.5 Å². The van der Waals surface area contributed by atoms with Crippen LogP contribution in [0.5, 0.6) is 5.75 Å². The molecule has 0 aromatic carbocycles. The fourth-order valence-electron chi connectivity index (χ4n) is 3.31. The number of alkyl halides is 3. The van der Waals surface area contributed by atoms with E-state index in [0.29, 0.717) is 23.5 Å². The van der Waals surface area contributed by atoms with Crippen molar-refractivity contribution in [2.75, 3.05) is 16.8 Å². The minimum atomic E-state index is -4.68. The molecular formula is C26H33F3N6O3S. The Hall–Kier alpha value is -3.48. The third kappa shape index (κ3) is 8.25. The first-order valence-corrected chi connectivity index (χ1v) is 13.0. The number of hydrogen-bond acceptors (Lipinski definition) is 9. The molecule has 0 aliphatic rings. The Kier molecular flexibility index (Phi) is 8.73. The van der Waals surface area contributed by atoms with E-state index in [1.807, 2.05) is 34.6 Å². The van der Waals surface area contributed by atoms with Crippen LogP contribution in [0.3, 0.4) is 0 Å². The second kappa shape index (κ2) is 11.3. The zero-order valence-electron chi connectivity index (χ0n) is 23.2. The van der Waals surface area contributed by atoms with E-state index in [4.69, 9.17) is 9.47 Å². The van der Waals surface area contributed by atoms with Gasteiger partial charge in [0, 0.05) is 35.5 Å². The predicted molar refractivity (Wildman–Crippen MR) is 144 cm³/mol. The topological polar surface area (TPSA) is 102 Å². The highest BCUT2D eigenvalue weighted by molar-refractivity contribution is 7.09. The largest absolute Gasteiger partial charge is 0.491 e. The zero-order valence-corrected chi connectivity index (χ0v) is 24.0. The first-order chi connectivity index (χ1) is 17.9. The van der Waals surface area contributed by atoms with Crippen molar-refractivity contribution in [3.05, 3.63) is 36.2 Å². The quantitative estimate of drug-likeness (QED) is 0.317. The SMILES string of the molecule is CC(C)Oc1ccnc(-c2nsc(Nc3ncc(C(F)(F)F)cc3N(C(=O)OCC(C)(C)C)C(C)(C)C)n2)c1. The summed E-state index contributed by atoms with van der Waals surface area (Å²) in [6.07, 6.45) is -3.24. The molecule has 0 radical (unpaired) electrons. The van der Waals surface area contributed by atoms with Gasteiger partial charge in [0.15, 0.2) is 11.6 Å². The smallest absolute Gasteiger partial charge is 0.417 e. The molecule has 3 aromatic heterocycles. The molecule has 3 heterocycles. The molecule has 0 bridgehead atoms. The van der Waals surface area contributed by atoms with E-state index in [-0.39, 0.29) is 34.8 Å². The van der Waals surface area contributed by atoms with Crippen LogP contribution in [0.25, 0.3) is 11.5 Å². The van der Waals surface area contributed by atoms with E-state index in [2.05, 4.69) is 24.6 Å². The van der Waals surface area contributed by atoms with Crippen molar-refractivity contribution < 1.29 is 27.4 Å². The van der Waals surface area contributed by atoms with E-state index in [9.17, 15) is 18.0 Å². The number of carbonyl (C=O) groups excluding carboxylic acids is 1. The molecular weight excluding hydrogens is 533 g/mol. The van der Waals surface area contributed by atoms with Gasteiger partial charge in [-0.05, 0) is 52.2 Å². The van der Waals surface area contributed by atoms with Gasteiger partial charge in [0.25, 0.3) is 0 Å². The summed E-state index contributed by atoms with van der Waals surface area (Å²) in [7, 11) is 0. The van der Waals surface area contributed by atoms with Crippen LogP contribution in [0.2, 0.25) is 0 Å². The summed E-state index contributed by atoms with van der Waals surface area (Å²) in [6.45, 7) is 14.6. The van der Waals surface area contributed by atoms with Crippen LogP contribution in [-0.2, 0) is 10.9 Å². The number of anilines is 3. The lowest BCUT2D eigenvalue weighted by molar-refractivity contribution is -0.137. The van der Waals surface area contributed by atoms with Gasteiger partial charge >= 0.3 is 12.3 Å². The van der Waals surface area contributed by atoms with Crippen molar-refractivity contribution in [3.8, 4) is 17.3 Å². The van der Waals surface area contributed by atoms with Crippen molar-refractivity contribution in [2.45, 2.75) is 73.2 Å². The molecule has 0 unspecified atom stereocenters. The van der Waals surface area contributed by atoms with Crippen molar-refractivity contribution in [1.29, 1.82) is 0 Å². The van der Waals surface area contributed by atoms with E-state index in [1.54, 1.807) is 39.1 Å². The summed E-state index contributed by atoms with van der Waals surface area (Å²) in [5.41, 5.74) is -1.96. The number of pyridine rings is 2. The number of ether oxygens (including phenoxy) is 2. The molecule has 13 heteroatoms. The van der Waals surface area contributed by atoms with Crippen LogP contribution >= 0.6 is 11.5 Å². The maximum absolute atomic E-state index is 13.7. The van der Waals surface area contributed by atoms with Crippen molar-refractivity contribution >= 4 is 34.3 Å². The summed E-state index contributed by atoms with van der Waals surface area (Å²) in [5, 5.41) is 3.17. The van der Waals surface area contributed by atoms with Crippen LogP contribution in [0.15, 0.2) is 30.6 Å². The number of rotatable bonds is 7. The van der Waals surface area contributed by atoms with Gasteiger partial charge in [-0.1, -0.05) is 20.8 Å². The van der Waals surface area contributed by atoms with Gasteiger partial charge in [-0.3, -0.25) is 9.88 Å². The number of nitrogens with zero attached hydrogens (tertiary/aromatic N) is 5. The van der Waals surface area contributed by atoms with Gasteiger partial charge in [0.05, 0.1) is 24.0 Å². The summed E-state index contributed by atoms with van der Waals surface area (Å²) in [6, 6.07) is 4.28. The fraction of sp³-hybridized carbons (Fsp3) is 0.500. The Bertz CT molecular complexity index is 1300. The van der Waals surface area contributed by atoms with E-state index in [1.165, 1.54) is 0 Å². The molecule has 0 saturated heterocycles. The highest BCUT2D eigenvalue weighted by atomic mass is 32.1. The average molecular weight is 567 g/mol. The predicted octanol–water partition coefficient (Wildman–Crippen LogP) is 7.33. The van der Waals surface area contributed by atoms with Crippen LogP contribution in [0.4, 0.5) is 34.6 Å². The van der Waals surface area contributed by atoms with Gasteiger partial charge in [0.1, 0.15) is 11.4 Å². The summed E-state index contributed by atoms with van der Waals surface area (Å²) in [5.74, 6) is 0.876. The lowest BCUT2D eigenvalue weighted by Gasteiger charge is -2.36. The van der Waals surface area contributed by atoms with Crippen LogP contribution in [0.1, 0.15) is 61.0 Å².